The Morgan fingerprint density at radius 1 is 0.615 bits per heavy atom. The van der Waals surface area contributed by atoms with E-state index in [9.17, 15) is 0 Å². The first-order chi connectivity index (χ1) is 19.0. The summed E-state index contributed by atoms with van der Waals surface area (Å²) in [6, 6.07) is 43.5. The van der Waals surface area contributed by atoms with Crippen LogP contribution in [0.3, 0.4) is 0 Å². The third-order valence-electron chi connectivity index (χ3n) is 8.21. The molecule has 0 amide bonds. The van der Waals surface area contributed by atoms with Crippen molar-refractivity contribution in [3.8, 4) is 0 Å². The largest absolute Gasteiger partial charge is 0.274 e. The Hall–Kier alpha value is -4.11. The molecule has 0 saturated carbocycles. The number of hydrogen-bond acceptors (Lipinski definition) is 0. The highest BCUT2D eigenvalue weighted by molar-refractivity contribution is 7.19. The standard InChI is InChI=1S/C24H20B.C12H19N2/c1-5-13-21(14-6-1)25(22-15-7-2-8-16-22,23-17-9-3-10-18-23)24-19-11-4-12-20-24;1-13(2)12(14(3)4)11-8-9-5-6-10(11)7-9/h1-20H;5-6,8-10H,7H2,1-4H3/q-1;+1/t;9-,10+/m.0/s1. The molecule has 2 bridgehead atoms. The van der Waals surface area contributed by atoms with E-state index in [1.807, 2.05) is 0 Å². The van der Waals surface area contributed by atoms with E-state index in [0.29, 0.717) is 11.8 Å². The van der Waals surface area contributed by atoms with E-state index >= 15 is 0 Å². The summed E-state index contributed by atoms with van der Waals surface area (Å²) in [4.78, 5) is 2.21. The summed E-state index contributed by atoms with van der Waals surface area (Å²) in [6.07, 6.45) is 7.18. The molecule has 0 radical (unpaired) electrons. The lowest BCUT2D eigenvalue weighted by Gasteiger charge is -2.44. The lowest BCUT2D eigenvalue weighted by Crippen LogP contribution is -2.74. The summed E-state index contributed by atoms with van der Waals surface area (Å²) < 4.78 is 2.21. The van der Waals surface area contributed by atoms with Crippen LogP contribution < -0.4 is 21.9 Å². The van der Waals surface area contributed by atoms with Gasteiger partial charge in [-0.3, -0.25) is 9.48 Å². The Bertz CT molecular complexity index is 1290. The average Bonchev–Trinajstić information content (AvgIpc) is 3.60. The van der Waals surface area contributed by atoms with Crippen molar-refractivity contribution < 1.29 is 4.58 Å². The van der Waals surface area contributed by atoms with Crippen LogP contribution in [0.1, 0.15) is 6.42 Å². The van der Waals surface area contributed by atoms with E-state index in [0.717, 1.165) is 0 Å². The van der Waals surface area contributed by atoms with E-state index in [1.165, 1.54) is 39.7 Å². The first kappa shape index (κ1) is 26.5. The molecule has 0 spiro atoms. The van der Waals surface area contributed by atoms with Gasteiger partial charge in [0.05, 0.1) is 28.2 Å². The van der Waals surface area contributed by atoms with Gasteiger partial charge in [0.1, 0.15) is 6.15 Å². The number of amidine groups is 1. The third-order valence-corrected chi connectivity index (χ3v) is 8.21. The summed E-state index contributed by atoms with van der Waals surface area (Å²) in [6.45, 7) is 0. The van der Waals surface area contributed by atoms with Gasteiger partial charge >= 0.3 is 0 Å². The average molecular weight is 511 g/mol. The van der Waals surface area contributed by atoms with Crippen molar-refractivity contribution in [3.05, 3.63) is 145 Å². The predicted octanol–water partition coefficient (Wildman–Crippen LogP) is 4.41. The zero-order chi connectivity index (χ0) is 27.2. The molecule has 0 aliphatic heterocycles. The molecule has 0 N–H and O–H groups in total. The number of allylic oxidation sites excluding steroid dienone is 3. The second kappa shape index (κ2) is 11.7. The highest BCUT2D eigenvalue weighted by Gasteiger charge is 2.35. The highest BCUT2D eigenvalue weighted by atomic mass is 15.2. The number of rotatable bonds is 5. The Morgan fingerprint density at radius 2 is 1.00 bits per heavy atom. The normalized spacial score (nSPS) is 17.2. The smallest absolute Gasteiger partial charge is 0.267 e. The van der Waals surface area contributed by atoms with E-state index < -0.39 is 6.15 Å². The van der Waals surface area contributed by atoms with Crippen molar-refractivity contribution in [1.82, 2.24) is 4.90 Å². The molecule has 0 fully saturated rings. The fourth-order valence-electron chi connectivity index (χ4n) is 6.71. The summed E-state index contributed by atoms with van der Waals surface area (Å²) in [5, 5.41) is 0. The number of benzene rings is 4. The molecule has 4 aromatic rings. The van der Waals surface area contributed by atoms with Gasteiger partial charge in [0.2, 0.25) is 0 Å². The van der Waals surface area contributed by atoms with Gasteiger partial charge < -0.3 is 0 Å². The summed E-state index contributed by atoms with van der Waals surface area (Å²) in [5.41, 5.74) is 6.86. The Kier molecular flexibility index (Phi) is 7.98. The van der Waals surface area contributed by atoms with Crippen molar-refractivity contribution >= 4 is 33.8 Å². The third kappa shape index (κ3) is 5.27. The van der Waals surface area contributed by atoms with Crippen LogP contribution in [0.5, 0.6) is 0 Å². The maximum Gasteiger partial charge on any atom is 0.274 e. The summed E-state index contributed by atoms with van der Waals surface area (Å²) >= 11 is 0. The minimum absolute atomic E-state index is 0.666. The SMILES string of the molecule is CN(C)C(C1=C[C@H]2C=C[C@@H]1C2)=[N+](C)C.c1ccc([B-](c2ccccc2)(c2ccccc2)c2ccccc2)cc1. The van der Waals surface area contributed by atoms with Gasteiger partial charge in [-0.05, 0) is 12.3 Å². The first-order valence-electron chi connectivity index (χ1n) is 14.0. The van der Waals surface area contributed by atoms with Crippen LogP contribution in [0.4, 0.5) is 0 Å². The lowest BCUT2D eigenvalue weighted by molar-refractivity contribution is -0.469. The van der Waals surface area contributed by atoms with Crippen LogP contribution >= 0.6 is 0 Å². The van der Waals surface area contributed by atoms with Crippen LogP contribution in [-0.4, -0.2) is 49.6 Å². The molecule has 0 heterocycles. The molecule has 39 heavy (non-hydrogen) atoms. The van der Waals surface area contributed by atoms with Crippen LogP contribution in [-0.2, 0) is 0 Å². The molecule has 6 rings (SSSR count). The first-order valence-corrected chi connectivity index (χ1v) is 14.0. The van der Waals surface area contributed by atoms with Gasteiger partial charge in [-0.25, -0.2) is 0 Å². The molecule has 0 unspecified atom stereocenters. The van der Waals surface area contributed by atoms with E-state index in [-0.39, 0.29) is 0 Å². The molecule has 0 saturated heterocycles. The maximum atomic E-state index is 2.42. The minimum Gasteiger partial charge on any atom is -0.267 e. The van der Waals surface area contributed by atoms with Crippen LogP contribution in [0, 0.1) is 11.8 Å². The van der Waals surface area contributed by atoms with Crippen molar-refractivity contribution in [2.45, 2.75) is 6.42 Å². The van der Waals surface area contributed by atoms with Gasteiger partial charge in [-0.15, -0.1) is 0 Å². The summed E-state index contributed by atoms with van der Waals surface area (Å²) in [5.74, 6) is 2.71. The molecule has 2 atom stereocenters. The fourth-order valence-corrected chi connectivity index (χ4v) is 6.71. The van der Waals surface area contributed by atoms with Gasteiger partial charge in [-0.2, -0.15) is 21.9 Å². The molecule has 2 nitrogen and oxygen atoms in total. The van der Waals surface area contributed by atoms with E-state index in [2.05, 4.69) is 177 Å². The quantitative estimate of drug-likeness (QED) is 0.127. The highest BCUT2D eigenvalue weighted by Crippen LogP contribution is 2.38. The molecule has 2 aliphatic rings. The number of fused-ring (bicyclic) bond motifs is 2. The van der Waals surface area contributed by atoms with E-state index in [1.54, 1.807) is 0 Å². The zero-order valence-electron chi connectivity index (χ0n) is 23.6. The van der Waals surface area contributed by atoms with Crippen LogP contribution in [0.25, 0.3) is 0 Å². The van der Waals surface area contributed by atoms with Gasteiger partial charge in [0, 0.05) is 11.5 Å². The maximum absolute atomic E-state index is 2.42. The molecular formula is C36H39BN2. The van der Waals surface area contributed by atoms with Crippen LogP contribution in [0.2, 0.25) is 0 Å². The molecular weight excluding hydrogens is 471 g/mol. The van der Waals surface area contributed by atoms with E-state index in [4.69, 9.17) is 0 Å². The van der Waals surface area contributed by atoms with Crippen molar-refractivity contribution in [3.63, 3.8) is 0 Å². The monoisotopic (exact) mass is 510 g/mol. The van der Waals surface area contributed by atoms with Crippen LogP contribution in [0.15, 0.2) is 145 Å². The summed E-state index contributed by atoms with van der Waals surface area (Å²) in [7, 11) is 8.47. The minimum atomic E-state index is -1.22. The van der Waals surface area contributed by atoms with Crippen molar-refractivity contribution in [2.75, 3.05) is 28.2 Å². The lowest BCUT2D eigenvalue weighted by atomic mass is 9.13. The Balaban J connectivity index is 0.000000186. The number of nitrogens with zero attached hydrogens (tertiary/aromatic N) is 2. The molecule has 3 heteroatoms. The molecule has 4 aromatic carbocycles. The Labute approximate surface area is 234 Å². The number of hydrogen-bond donors (Lipinski definition) is 0. The van der Waals surface area contributed by atoms with Gasteiger partial charge in [-0.1, -0.05) is 140 Å². The second-order valence-corrected chi connectivity index (χ2v) is 11.1. The van der Waals surface area contributed by atoms with Gasteiger partial charge in [0.25, 0.3) is 5.84 Å². The second-order valence-electron chi connectivity index (χ2n) is 11.1. The van der Waals surface area contributed by atoms with Crippen molar-refractivity contribution in [2.24, 2.45) is 11.8 Å². The predicted molar refractivity (Wildman–Crippen MR) is 170 cm³/mol. The topological polar surface area (TPSA) is 6.25 Å². The number of likely N-dealkylation sites (N-methyl/N-ethyl adjacent to an activating group) is 1. The van der Waals surface area contributed by atoms with Gasteiger partial charge in [0.15, 0.2) is 0 Å². The fraction of sp³-hybridized carbons (Fsp3) is 0.194. The zero-order valence-corrected chi connectivity index (χ0v) is 23.6. The Morgan fingerprint density at radius 3 is 1.26 bits per heavy atom. The van der Waals surface area contributed by atoms with Crippen molar-refractivity contribution in [1.29, 1.82) is 0 Å². The molecule has 0 aromatic heterocycles. The molecule has 196 valence electrons. The molecule has 2 aliphatic carbocycles.